The molecule has 0 aliphatic heterocycles. The van der Waals surface area contributed by atoms with Crippen LogP contribution in [0.3, 0.4) is 0 Å². The maximum absolute atomic E-state index is 13.3. The Morgan fingerprint density at radius 1 is 1.03 bits per heavy atom. The van der Waals surface area contributed by atoms with E-state index in [9.17, 15) is 9.90 Å². The van der Waals surface area contributed by atoms with Gasteiger partial charge in [-0.25, -0.2) is 9.53 Å². The summed E-state index contributed by atoms with van der Waals surface area (Å²) < 4.78 is 1.56. The third-order valence-electron chi connectivity index (χ3n) is 5.81. The first-order valence-corrected chi connectivity index (χ1v) is 11.7. The van der Waals surface area contributed by atoms with Crippen molar-refractivity contribution in [3.8, 4) is 5.69 Å². The number of aliphatic hydroxyl groups is 1. The second-order valence-electron chi connectivity index (χ2n) is 9.32. The quantitative estimate of drug-likeness (QED) is 0.294. The normalized spacial score (nSPS) is 12.1. The largest absolute Gasteiger partial charge is 0.394 e. The molecule has 1 amide bonds. The molecule has 0 bridgehead atoms. The van der Waals surface area contributed by atoms with Gasteiger partial charge in [0.25, 0.3) is 5.91 Å². The Morgan fingerprint density at radius 2 is 1.75 bits per heavy atom. The van der Waals surface area contributed by atoms with E-state index in [1.165, 1.54) is 0 Å². The second kappa shape index (κ2) is 10.6. The minimum absolute atomic E-state index is 0.0230. The maximum Gasteiger partial charge on any atom is 0.274 e. The number of hydrogen-bond donors (Lipinski definition) is 3. The first-order chi connectivity index (χ1) is 17.3. The van der Waals surface area contributed by atoms with Crippen molar-refractivity contribution in [1.29, 1.82) is 0 Å². The van der Waals surface area contributed by atoms with E-state index >= 15 is 0 Å². The van der Waals surface area contributed by atoms with E-state index in [1.54, 1.807) is 28.9 Å². The molecule has 0 fully saturated rings. The molecule has 36 heavy (non-hydrogen) atoms. The molecule has 4 aromatic rings. The van der Waals surface area contributed by atoms with Gasteiger partial charge in [0, 0.05) is 11.2 Å². The molecule has 1 atom stereocenters. The molecule has 0 aliphatic carbocycles. The van der Waals surface area contributed by atoms with Crippen LogP contribution in [0.2, 0.25) is 0 Å². The van der Waals surface area contributed by atoms with Gasteiger partial charge in [-0.15, -0.1) is 0 Å². The zero-order valence-corrected chi connectivity index (χ0v) is 20.6. The first-order valence-electron chi connectivity index (χ1n) is 11.7. The van der Waals surface area contributed by atoms with Gasteiger partial charge in [-0.3, -0.25) is 10.1 Å². The molecule has 3 N–H and O–H groups in total. The lowest BCUT2D eigenvalue weighted by Gasteiger charge is -2.31. The van der Waals surface area contributed by atoms with Crippen LogP contribution in [-0.4, -0.2) is 32.9 Å². The summed E-state index contributed by atoms with van der Waals surface area (Å²) >= 11 is 0. The number of nitrogens with zero attached hydrogens (tertiary/aromatic N) is 3. The van der Waals surface area contributed by atoms with Gasteiger partial charge >= 0.3 is 0 Å². The minimum atomic E-state index is -0.510. The smallest absolute Gasteiger partial charge is 0.274 e. The number of aryl methyl sites for hydroxylation is 1. The summed E-state index contributed by atoms with van der Waals surface area (Å²) in [5, 5.41) is 20.8. The summed E-state index contributed by atoms with van der Waals surface area (Å²) in [6.45, 7) is 13.0. The number of anilines is 1. The van der Waals surface area contributed by atoms with E-state index in [4.69, 9.17) is 6.57 Å². The van der Waals surface area contributed by atoms with Crippen LogP contribution in [0.25, 0.3) is 10.5 Å². The summed E-state index contributed by atoms with van der Waals surface area (Å²) in [7, 11) is 0. The van der Waals surface area contributed by atoms with Crippen molar-refractivity contribution >= 4 is 17.3 Å². The van der Waals surface area contributed by atoms with Crippen LogP contribution in [0.4, 0.5) is 11.4 Å². The van der Waals surface area contributed by atoms with Crippen LogP contribution >= 0.6 is 0 Å². The van der Waals surface area contributed by atoms with Gasteiger partial charge in [0.15, 0.2) is 5.69 Å². The van der Waals surface area contributed by atoms with Gasteiger partial charge in [-0.2, -0.15) is 5.10 Å². The molecule has 0 aliphatic rings. The van der Waals surface area contributed by atoms with Gasteiger partial charge in [0.1, 0.15) is 5.69 Å². The van der Waals surface area contributed by atoms with Crippen molar-refractivity contribution in [2.24, 2.45) is 0 Å². The van der Waals surface area contributed by atoms with E-state index in [2.05, 4.69) is 20.6 Å². The average Bonchev–Trinajstić information content (AvgIpc) is 3.30. The summed E-state index contributed by atoms with van der Waals surface area (Å²) in [5.41, 5.74) is 4.33. The summed E-state index contributed by atoms with van der Waals surface area (Å²) in [5.74, 6) is -0.305. The van der Waals surface area contributed by atoms with Gasteiger partial charge in [-0.1, -0.05) is 54.6 Å². The molecule has 0 radical (unpaired) electrons. The highest BCUT2D eigenvalue weighted by Gasteiger charge is 2.24. The number of aromatic nitrogens is 2. The average molecular weight is 480 g/mol. The van der Waals surface area contributed by atoms with Crippen molar-refractivity contribution in [2.45, 2.75) is 32.4 Å². The van der Waals surface area contributed by atoms with Crippen molar-refractivity contribution in [2.75, 3.05) is 11.9 Å². The standard InChI is InChI=1S/C29H29N5O2/c1-20-16-26(34(33-20)25-15-9-13-23(18-25)30-4)28(36)31-24-14-8-12-22(17-24)27(32-29(2,3)19-35)21-10-6-5-7-11-21/h5-18,27,32,35H,19H2,1-3H3,(H,31,36). The summed E-state index contributed by atoms with van der Waals surface area (Å²) in [6, 6.07) is 26.2. The van der Waals surface area contributed by atoms with Crippen molar-refractivity contribution in [1.82, 2.24) is 15.1 Å². The van der Waals surface area contributed by atoms with Crippen molar-refractivity contribution in [3.63, 3.8) is 0 Å². The molecule has 0 saturated carbocycles. The lowest BCUT2D eigenvalue weighted by Crippen LogP contribution is -2.45. The molecule has 182 valence electrons. The number of nitrogens with one attached hydrogen (secondary N) is 2. The molecular weight excluding hydrogens is 450 g/mol. The van der Waals surface area contributed by atoms with E-state index in [0.717, 1.165) is 11.1 Å². The Balaban J connectivity index is 1.64. The van der Waals surface area contributed by atoms with Crippen molar-refractivity contribution < 1.29 is 9.90 Å². The van der Waals surface area contributed by atoms with Crippen LogP contribution in [0, 0.1) is 13.5 Å². The lowest BCUT2D eigenvalue weighted by molar-refractivity contribution is 0.101. The first kappa shape index (κ1) is 24.9. The molecule has 1 unspecified atom stereocenters. The van der Waals surface area contributed by atoms with Crippen LogP contribution in [0.1, 0.15) is 47.2 Å². The van der Waals surface area contributed by atoms with Gasteiger partial charge < -0.3 is 10.4 Å². The third kappa shape index (κ3) is 5.69. The maximum atomic E-state index is 13.3. The number of carbonyl (C=O) groups is 1. The van der Waals surface area contributed by atoms with E-state index < -0.39 is 5.54 Å². The van der Waals surface area contributed by atoms with Crippen LogP contribution in [0.5, 0.6) is 0 Å². The highest BCUT2D eigenvalue weighted by atomic mass is 16.3. The van der Waals surface area contributed by atoms with Gasteiger partial charge in [0.2, 0.25) is 0 Å². The molecular formula is C29H29N5O2. The molecule has 0 saturated heterocycles. The fourth-order valence-electron chi connectivity index (χ4n) is 3.98. The Hall–Kier alpha value is -4.25. The zero-order chi connectivity index (χ0) is 25.7. The SMILES string of the molecule is [C-]#[N+]c1cccc(-n2nc(C)cc2C(=O)Nc2cccc(C(NC(C)(C)CO)c3ccccc3)c2)c1. The van der Waals surface area contributed by atoms with Gasteiger partial charge in [-0.05, 0) is 62.2 Å². The predicted octanol–water partition coefficient (Wildman–Crippen LogP) is 5.43. The topological polar surface area (TPSA) is 83.5 Å². The van der Waals surface area contributed by atoms with Crippen LogP contribution in [-0.2, 0) is 0 Å². The van der Waals surface area contributed by atoms with Crippen molar-refractivity contribution in [3.05, 3.63) is 119 Å². The lowest BCUT2D eigenvalue weighted by atomic mass is 9.94. The highest BCUT2D eigenvalue weighted by molar-refractivity contribution is 6.03. The summed E-state index contributed by atoms with van der Waals surface area (Å²) in [4.78, 5) is 16.8. The van der Waals surface area contributed by atoms with E-state index in [0.29, 0.717) is 28.5 Å². The number of aliphatic hydroxyl groups excluding tert-OH is 1. The summed E-state index contributed by atoms with van der Waals surface area (Å²) in [6.07, 6.45) is 0. The molecule has 7 heteroatoms. The zero-order valence-electron chi connectivity index (χ0n) is 20.6. The monoisotopic (exact) mass is 479 g/mol. The minimum Gasteiger partial charge on any atom is -0.394 e. The number of hydrogen-bond acceptors (Lipinski definition) is 4. The van der Waals surface area contributed by atoms with Gasteiger partial charge in [0.05, 0.1) is 30.6 Å². The third-order valence-corrected chi connectivity index (χ3v) is 5.81. The van der Waals surface area contributed by atoms with E-state index in [1.807, 2.05) is 81.4 Å². The molecule has 1 heterocycles. The number of benzene rings is 3. The molecule has 7 nitrogen and oxygen atoms in total. The molecule has 0 spiro atoms. The fourth-order valence-corrected chi connectivity index (χ4v) is 3.98. The number of amides is 1. The molecule has 1 aromatic heterocycles. The Labute approximate surface area is 211 Å². The molecule has 3 aromatic carbocycles. The van der Waals surface area contributed by atoms with Crippen LogP contribution < -0.4 is 10.6 Å². The number of carbonyl (C=O) groups excluding carboxylic acids is 1. The Bertz CT molecular complexity index is 1400. The fraction of sp³-hybridized carbons (Fsp3) is 0.207. The Kier molecular flexibility index (Phi) is 7.30. The predicted molar refractivity (Wildman–Crippen MR) is 142 cm³/mol. The molecule has 4 rings (SSSR count). The number of rotatable bonds is 8. The highest BCUT2D eigenvalue weighted by Crippen LogP contribution is 2.27. The second-order valence-corrected chi connectivity index (χ2v) is 9.32. The van der Waals surface area contributed by atoms with Crippen LogP contribution in [0.15, 0.2) is 84.9 Å². The van der Waals surface area contributed by atoms with E-state index in [-0.39, 0.29) is 18.6 Å². The Morgan fingerprint density at radius 3 is 2.47 bits per heavy atom.